The molecule has 66 heavy (non-hydrogen) atoms. The van der Waals surface area contributed by atoms with E-state index in [2.05, 4.69) is 250 Å². The standard InChI is InChI=1S/C64H50N2/c1-63(2)56-25-13-11-22-51(56)62-57(63)26-15-27-60(62)65(47-35-30-43(31-36-47)49-23-14-17-42-16-8-9-20-48(42)49)46-33-28-41(29-34-46)44-32-37-59-53(38-44)54-39-52-50-21-10-12-24-55(50)64(3,4)58(52)40-61(54)66(59)45-18-6-5-7-19-45/h5-36,38-40,59H,37H2,1-4H3. The van der Waals surface area contributed by atoms with Gasteiger partial charge in [-0.05, 0) is 145 Å². The van der Waals surface area contributed by atoms with Gasteiger partial charge < -0.3 is 9.80 Å². The molecule has 0 N–H and O–H groups in total. The molecule has 0 saturated carbocycles. The van der Waals surface area contributed by atoms with Crippen LogP contribution in [-0.4, -0.2) is 6.04 Å². The molecule has 316 valence electrons. The fraction of sp³-hybridized carbons (Fsp3) is 0.125. The minimum absolute atomic E-state index is 0.0667. The SMILES string of the molecule is CC1(C)c2ccccc2-c2cc3c(cc21)N(c1ccccc1)C1CC=C(c2ccc(N(c4ccc(-c5cccc6ccccc56)cc4)c4cccc5c4-c4ccccc4C5(C)C)cc2)C=C31. The van der Waals surface area contributed by atoms with Crippen LogP contribution in [0.4, 0.5) is 28.4 Å². The van der Waals surface area contributed by atoms with Crippen LogP contribution in [0.2, 0.25) is 0 Å². The van der Waals surface area contributed by atoms with Crippen molar-refractivity contribution in [1.29, 1.82) is 0 Å². The maximum absolute atomic E-state index is 2.60. The molecule has 9 aromatic carbocycles. The van der Waals surface area contributed by atoms with Crippen LogP contribution in [0, 0.1) is 0 Å². The highest BCUT2D eigenvalue weighted by Gasteiger charge is 2.42. The lowest BCUT2D eigenvalue weighted by Gasteiger charge is -2.30. The molecule has 1 aliphatic heterocycles. The number of fused-ring (bicyclic) bond motifs is 10. The first-order valence-corrected chi connectivity index (χ1v) is 23.5. The Morgan fingerprint density at radius 3 is 1.83 bits per heavy atom. The number of para-hydroxylation sites is 1. The van der Waals surface area contributed by atoms with Crippen LogP contribution in [-0.2, 0) is 10.8 Å². The topological polar surface area (TPSA) is 6.48 Å². The summed E-state index contributed by atoms with van der Waals surface area (Å²) in [6.45, 7) is 9.50. The van der Waals surface area contributed by atoms with Crippen LogP contribution in [0.15, 0.2) is 212 Å². The molecule has 0 aromatic heterocycles. The van der Waals surface area contributed by atoms with Gasteiger partial charge in [0, 0.05) is 44.7 Å². The van der Waals surface area contributed by atoms with Crippen LogP contribution in [0.1, 0.15) is 67.5 Å². The summed E-state index contributed by atoms with van der Waals surface area (Å²) in [7, 11) is 0. The number of allylic oxidation sites excluding steroid dienone is 2. The molecule has 2 nitrogen and oxygen atoms in total. The first kappa shape index (κ1) is 38.8. The van der Waals surface area contributed by atoms with Gasteiger partial charge >= 0.3 is 0 Å². The molecule has 13 rings (SSSR count). The second-order valence-electron chi connectivity index (χ2n) is 19.6. The van der Waals surface area contributed by atoms with E-state index in [1.807, 2.05) is 0 Å². The molecule has 0 amide bonds. The first-order chi connectivity index (χ1) is 32.3. The van der Waals surface area contributed by atoms with Crippen molar-refractivity contribution in [3.63, 3.8) is 0 Å². The number of anilines is 5. The molecule has 0 bridgehead atoms. The quantitative estimate of drug-likeness (QED) is 0.164. The Balaban J connectivity index is 0.917. The summed E-state index contributed by atoms with van der Waals surface area (Å²) in [5.41, 5.74) is 24.5. The summed E-state index contributed by atoms with van der Waals surface area (Å²) in [5.74, 6) is 0. The zero-order valence-corrected chi connectivity index (χ0v) is 37.9. The minimum Gasteiger partial charge on any atom is -0.333 e. The average molecular weight is 847 g/mol. The largest absolute Gasteiger partial charge is 0.333 e. The van der Waals surface area contributed by atoms with Crippen LogP contribution < -0.4 is 9.80 Å². The van der Waals surface area contributed by atoms with E-state index < -0.39 is 0 Å². The van der Waals surface area contributed by atoms with Crippen LogP contribution in [0.3, 0.4) is 0 Å². The summed E-state index contributed by atoms with van der Waals surface area (Å²) in [4.78, 5) is 5.07. The second kappa shape index (κ2) is 14.4. The highest BCUT2D eigenvalue weighted by molar-refractivity contribution is 6.02. The molecular weight excluding hydrogens is 797 g/mol. The Morgan fingerprint density at radius 2 is 1.06 bits per heavy atom. The Labute approximate surface area is 388 Å². The lowest BCUT2D eigenvalue weighted by atomic mass is 9.82. The molecule has 2 heteroatoms. The fourth-order valence-electron chi connectivity index (χ4n) is 12.1. The van der Waals surface area contributed by atoms with Gasteiger partial charge in [-0.15, -0.1) is 0 Å². The van der Waals surface area contributed by atoms with Crippen molar-refractivity contribution in [1.82, 2.24) is 0 Å². The van der Waals surface area contributed by atoms with Crippen molar-refractivity contribution in [2.45, 2.75) is 51.0 Å². The summed E-state index contributed by atoms with van der Waals surface area (Å²) < 4.78 is 0. The Kier molecular flexibility index (Phi) is 8.46. The second-order valence-corrected chi connectivity index (χ2v) is 19.6. The highest BCUT2D eigenvalue weighted by atomic mass is 15.2. The summed E-state index contributed by atoms with van der Waals surface area (Å²) in [5, 5.41) is 2.52. The van der Waals surface area contributed by atoms with Gasteiger partial charge in [-0.25, -0.2) is 0 Å². The van der Waals surface area contributed by atoms with Gasteiger partial charge in [0.15, 0.2) is 0 Å². The number of nitrogens with zero attached hydrogens (tertiary/aromatic N) is 2. The molecule has 1 heterocycles. The predicted octanol–water partition coefficient (Wildman–Crippen LogP) is 17.0. The van der Waals surface area contributed by atoms with E-state index in [1.165, 1.54) is 106 Å². The smallest absolute Gasteiger partial charge is 0.0633 e. The third kappa shape index (κ3) is 5.67. The molecule has 3 aliphatic carbocycles. The third-order valence-electron chi connectivity index (χ3n) is 15.4. The van der Waals surface area contributed by atoms with Crippen LogP contribution >= 0.6 is 0 Å². The normalized spacial score (nSPS) is 16.7. The first-order valence-electron chi connectivity index (χ1n) is 23.5. The van der Waals surface area contributed by atoms with Crippen LogP contribution in [0.5, 0.6) is 0 Å². The van der Waals surface area contributed by atoms with E-state index >= 15 is 0 Å². The van der Waals surface area contributed by atoms with E-state index in [-0.39, 0.29) is 16.9 Å². The van der Waals surface area contributed by atoms with E-state index in [0.717, 1.165) is 17.8 Å². The molecule has 0 spiro atoms. The average Bonchev–Trinajstić information content (AvgIpc) is 3.90. The van der Waals surface area contributed by atoms with Gasteiger partial charge in [-0.1, -0.05) is 179 Å². The molecular formula is C64H50N2. The van der Waals surface area contributed by atoms with Crippen LogP contribution in [0.25, 0.3) is 55.3 Å². The van der Waals surface area contributed by atoms with Gasteiger partial charge in [0.05, 0.1) is 11.7 Å². The number of rotatable bonds is 6. The van der Waals surface area contributed by atoms with E-state index in [1.54, 1.807) is 0 Å². The Hall–Kier alpha value is -7.68. The van der Waals surface area contributed by atoms with Gasteiger partial charge in [0.2, 0.25) is 0 Å². The van der Waals surface area contributed by atoms with Gasteiger partial charge in [0.1, 0.15) is 0 Å². The summed E-state index contributed by atoms with van der Waals surface area (Å²) >= 11 is 0. The lowest BCUT2D eigenvalue weighted by Crippen LogP contribution is -2.27. The Bertz CT molecular complexity index is 3490. The van der Waals surface area contributed by atoms with Crippen molar-refractivity contribution >= 4 is 50.4 Å². The molecule has 1 atom stereocenters. The van der Waals surface area contributed by atoms with E-state index in [9.17, 15) is 0 Å². The van der Waals surface area contributed by atoms with Crippen molar-refractivity contribution in [2.75, 3.05) is 9.80 Å². The zero-order chi connectivity index (χ0) is 44.3. The molecule has 0 fully saturated rings. The van der Waals surface area contributed by atoms with E-state index in [0.29, 0.717) is 0 Å². The maximum Gasteiger partial charge on any atom is 0.0633 e. The minimum atomic E-state index is -0.108. The molecule has 9 aromatic rings. The number of hydrogen-bond acceptors (Lipinski definition) is 2. The highest BCUT2D eigenvalue weighted by Crippen LogP contribution is 2.57. The molecule has 0 radical (unpaired) electrons. The number of benzene rings is 9. The summed E-state index contributed by atoms with van der Waals surface area (Å²) in [6.07, 6.45) is 5.87. The lowest BCUT2D eigenvalue weighted by molar-refractivity contribution is 0.660. The van der Waals surface area contributed by atoms with Gasteiger partial charge in [-0.2, -0.15) is 0 Å². The van der Waals surface area contributed by atoms with E-state index in [4.69, 9.17) is 0 Å². The monoisotopic (exact) mass is 846 g/mol. The maximum atomic E-state index is 2.60. The Morgan fingerprint density at radius 1 is 0.470 bits per heavy atom. The van der Waals surface area contributed by atoms with Crippen molar-refractivity contribution in [2.24, 2.45) is 0 Å². The molecule has 1 unspecified atom stereocenters. The van der Waals surface area contributed by atoms with Crippen molar-refractivity contribution < 1.29 is 0 Å². The van der Waals surface area contributed by atoms with Gasteiger partial charge in [0.25, 0.3) is 0 Å². The predicted molar refractivity (Wildman–Crippen MR) is 279 cm³/mol. The summed E-state index contributed by atoms with van der Waals surface area (Å²) in [6, 6.07) is 74.9. The third-order valence-corrected chi connectivity index (χ3v) is 15.4. The molecule has 4 aliphatic rings. The van der Waals surface area contributed by atoms with Crippen molar-refractivity contribution in [3.05, 3.63) is 246 Å². The fourth-order valence-corrected chi connectivity index (χ4v) is 12.1. The van der Waals surface area contributed by atoms with Crippen molar-refractivity contribution in [3.8, 4) is 33.4 Å². The molecule has 0 saturated heterocycles. The van der Waals surface area contributed by atoms with Gasteiger partial charge in [-0.3, -0.25) is 0 Å². The number of hydrogen-bond donors (Lipinski definition) is 0. The zero-order valence-electron chi connectivity index (χ0n) is 37.9.